The molecule has 0 spiro atoms. The number of aliphatic hydroxyl groups is 1. The molecular formula is C17H35NO2. The maximum absolute atomic E-state index is 10.0. The highest BCUT2D eigenvalue weighted by Gasteiger charge is 2.23. The van der Waals surface area contributed by atoms with Crippen molar-refractivity contribution in [3.8, 4) is 0 Å². The zero-order valence-electron chi connectivity index (χ0n) is 13.9. The summed E-state index contributed by atoms with van der Waals surface area (Å²) in [5.41, 5.74) is 0. The Morgan fingerprint density at radius 1 is 1.20 bits per heavy atom. The van der Waals surface area contributed by atoms with Crippen molar-refractivity contribution < 1.29 is 9.84 Å². The molecule has 4 unspecified atom stereocenters. The molecule has 4 atom stereocenters. The number of hydrogen-bond acceptors (Lipinski definition) is 3. The summed E-state index contributed by atoms with van der Waals surface area (Å²) < 4.78 is 5.72. The predicted octanol–water partition coefficient (Wildman–Crippen LogP) is 3.36. The van der Waals surface area contributed by atoms with Crippen molar-refractivity contribution >= 4 is 0 Å². The molecule has 2 N–H and O–H groups in total. The topological polar surface area (TPSA) is 41.5 Å². The molecule has 1 saturated carbocycles. The highest BCUT2D eigenvalue weighted by molar-refractivity contribution is 4.81. The Labute approximate surface area is 125 Å². The largest absolute Gasteiger partial charge is 0.389 e. The molecule has 3 heteroatoms. The molecule has 1 aliphatic rings. The molecule has 3 nitrogen and oxygen atoms in total. The molecule has 0 aromatic rings. The number of aliphatic hydroxyl groups excluding tert-OH is 1. The SMILES string of the molecule is CCC1CCCCC1NCC(O)COC(C)CC(C)C. The minimum atomic E-state index is -0.385. The van der Waals surface area contributed by atoms with Crippen LogP contribution in [0.25, 0.3) is 0 Å². The summed E-state index contributed by atoms with van der Waals surface area (Å²) in [7, 11) is 0. The lowest BCUT2D eigenvalue weighted by molar-refractivity contribution is -0.0103. The molecule has 0 aromatic carbocycles. The lowest BCUT2D eigenvalue weighted by Gasteiger charge is -2.32. The van der Waals surface area contributed by atoms with E-state index in [1.165, 1.54) is 32.1 Å². The minimum Gasteiger partial charge on any atom is -0.389 e. The number of ether oxygens (including phenoxy) is 1. The summed E-state index contributed by atoms with van der Waals surface area (Å²) in [6.45, 7) is 9.88. The van der Waals surface area contributed by atoms with Crippen molar-refractivity contribution in [1.82, 2.24) is 5.32 Å². The highest BCUT2D eigenvalue weighted by atomic mass is 16.5. The van der Waals surface area contributed by atoms with E-state index in [9.17, 15) is 5.11 Å². The van der Waals surface area contributed by atoms with Crippen molar-refractivity contribution in [2.75, 3.05) is 13.2 Å². The third-order valence-electron chi connectivity index (χ3n) is 4.43. The maximum atomic E-state index is 10.0. The molecule has 0 heterocycles. The van der Waals surface area contributed by atoms with Gasteiger partial charge in [-0.1, -0.05) is 40.0 Å². The quantitative estimate of drug-likeness (QED) is 0.682. The van der Waals surface area contributed by atoms with E-state index >= 15 is 0 Å². The van der Waals surface area contributed by atoms with Crippen LogP contribution in [-0.2, 0) is 4.74 Å². The average molecular weight is 285 g/mol. The third-order valence-corrected chi connectivity index (χ3v) is 4.43. The Morgan fingerprint density at radius 2 is 1.90 bits per heavy atom. The number of hydrogen-bond donors (Lipinski definition) is 2. The first-order valence-electron chi connectivity index (χ1n) is 8.56. The smallest absolute Gasteiger partial charge is 0.0897 e. The van der Waals surface area contributed by atoms with Crippen LogP contribution in [0.1, 0.15) is 66.2 Å². The van der Waals surface area contributed by atoms with E-state index in [2.05, 4.69) is 33.0 Å². The molecule has 1 rings (SSSR count). The van der Waals surface area contributed by atoms with E-state index in [4.69, 9.17) is 4.74 Å². The number of rotatable bonds is 9. The van der Waals surface area contributed by atoms with E-state index in [1.807, 2.05) is 0 Å². The summed E-state index contributed by atoms with van der Waals surface area (Å²) in [6.07, 6.45) is 7.45. The van der Waals surface area contributed by atoms with Crippen LogP contribution >= 0.6 is 0 Å². The highest BCUT2D eigenvalue weighted by Crippen LogP contribution is 2.26. The van der Waals surface area contributed by atoms with Gasteiger partial charge >= 0.3 is 0 Å². The predicted molar refractivity (Wildman–Crippen MR) is 84.9 cm³/mol. The summed E-state index contributed by atoms with van der Waals surface area (Å²) in [6, 6.07) is 0.594. The zero-order valence-corrected chi connectivity index (χ0v) is 13.9. The van der Waals surface area contributed by atoms with Crippen LogP contribution in [-0.4, -0.2) is 36.5 Å². The van der Waals surface area contributed by atoms with Gasteiger partial charge in [0.2, 0.25) is 0 Å². The molecular weight excluding hydrogens is 250 g/mol. The first-order chi connectivity index (χ1) is 9.52. The third kappa shape index (κ3) is 7.05. The second-order valence-electron chi connectivity index (χ2n) is 6.89. The fourth-order valence-electron chi connectivity index (χ4n) is 3.32. The fraction of sp³-hybridized carbons (Fsp3) is 1.00. The Bertz CT molecular complexity index is 245. The zero-order chi connectivity index (χ0) is 15.0. The van der Waals surface area contributed by atoms with Crippen LogP contribution in [0.2, 0.25) is 0 Å². The van der Waals surface area contributed by atoms with Crippen molar-refractivity contribution in [3.05, 3.63) is 0 Å². The van der Waals surface area contributed by atoms with Gasteiger partial charge in [-0.2, -0.15) is 0 Å². The fourth-order valence-corrected chi connectivity index (χ4v) is 3.32. The van der Waals surface area contributed by atoms with Crippen LogP contribution < -0.4 is 5.32 Å². The van der Waals surface area contributed by atoms with Gasteiger partial charge < -0.3 is 15.2 Å². The molecule has 0 radical (unpaired) electrons. The molecule has 1 aliphatic carbocycles. The van der Waals surface area contributed by atoms with Gasteiger partial charge in [0.15, 0.2) is 0 Å². The molecule has 0 bridgehead atoms. The van der Waals surface area contributed by atoms with Crippen molar-refractivity contribution in [3.63, 3.8) is 0 Å². The van der Waals surface area contributed by atoms with E-state index < -0.39 is 0 Å². The normalized spacial score (nSPS) is 26.7. The molecule has 0 amide bonds. The van der Waals surface area contributed by atoms with Gasteiger partial charge in [-0.25, -0.2) is 0 Å². The van der Waals surface area contributed by atoms with Crippen molar-refractivity contribution in [2.45, 2.75) is 84.5 Å². The Kier molecular flexibility index (Phi) is 8.74. The first kappa shape index (κ1) is 17.9. The van der Waals surface area contributed by atoms with Crippen LogP contribution in [0.15, 0.2) is 0 Å². The monoisotopic (exact) mass is 285 g/mol. The average Bonchev–Trinajstić information content (AvgIpc) is 2.42. The molecule has 0 aliphatic heterocycles. The first-order valence-corrected chi connectivity index (χ1v) is 8.56. The van der Waals surface area contributed by atoms with E-state index in [-0.39, 0.29) is 12.2 Å². The van der Waals surface area contributed by atoms with Gasteiger partial charge in [0.1, 0.15) is 0 Å². The summed E-state index contributed by atoms with van der Waals surface area (Å²) in [4.78, 5) is 0. The van der Waals surface area contributed by atoms with E-state index in [0.717, 1.165) is 12.3 Å². The minimum absolute atomic E-state index is 0.239. The summed E-state index contributed by atoms with van der Waals surface area (Å²) in [5.74, 6) is 1.43. The summed E-state index contributed by atoms with van der Waals surface area (Å²) in [5, 5.41) is 13.6. The Balaban J connectivity index is 2.16. The second-order valence-corrected chi connectivity index (χ2v) is 6.89. The standard InChI is InChI=1S/C17H35NO2/c1-5-15-8-6-7-9-17(15)18-11-16(19)12-20-14(4)10-13(2)3/h13-19H,5-12H2,1-4H3. The van der Waals surface area contributed by atoms with E-state index in [1.54, 1.807) is 0 Å². The molecule has 20 heavy (non-hydrogen) atoms. The van der Waals surface area contributed by atoms with E-state index in [0.29, 0.717) is 25.1 Å². The lowest BCUT2D eigenvalue weighted by Crippen LogP contribution is -2.43. The van der Waals surface area contributed by atoms with Crippen LogP contribution in [0.3, 0.4) is 0 Å². The number of nitrogens with one attached hydrogen (secondary N) is 1. The van der Waals surface area contributed by atoms with Crippen molar-refractivity contribution in [1.29, 1.82) is 0 Å². The Hall–Kier alpha value is -0.120. The van der Waals surface area contributed by atoms with Gasteiger partial charge in [0.25, 0.3) is 0 Å². The molecule has 0 saturated heterocycles. The van der Waals surface area contributed by atoms with Gasteiger partial charge in [-0.05, 0) is 38.0 Å². The van der Waals surface area contributed by atoms with Crippen LogP contribution in [0.5, 0.6) is 0 Å². The lowest BCUT2D eigenvalue weighted by atomic mass is 9.83. The van der Waals surface area contributed by atoms with Gasteiger partial charge in [0, 0.05) is 12.6 Å². The maximum Gasteiger partial charge on any atom is 0.0897 e. The van der Waals surface area contributed by atoms with Gasteiger partial charge in [-0.15, -0.1) is 0 Å². The molecule has 0 aromatic heterocycles. The summed E-state index contributed by atoms with van der Waals surface area (Å²) >= 11 is 0. The van der Waals surface area contributed by atoms with Gasteiger partial charge in [0.05, 0.1) is 18.8 Å². The van der Waals surface area contributed by atoms with Crippen LogP contribution in [0, 0.1) is 11.8 Å². The van der Waals surface area contributed by atoms with Crippen LogP contribution in [0.4, 0.5) is 0 Å². The van der Waals surface area contributed by atoms with Gasteiger partial charge in [-0.3, -0.25) is 0 Å². The Morgan fingerprint density at radius 3 is 2.55 bits per heavy atom. The molecule has 120 valence electrons. The van der Waals surface area contributed by atoms with Crippen molar-refractivity contribution in [2.24, 2.45) is 11.8 Å². The second kappa shape index (κ2) is 9.75. The molecule has 1 fully saturated rings.